The Bertz CT molecular complexity index is 866. The van der Waals surface area contributed by atoms with E-state index in [4.69, 9.17) is 0 Å². The van der Waals surface area contributed by atoms with Gasteiger partial charge in [-0.05, 0) is 31.0 Å². The van der Waals surface area contributed by atoms with E-state index in [0.717, 1.165) is 16.8 Å². The quantitative estimate of drug-likeness (QED) is 0.711. The van der Waals surface area contributed by atoms with Crippen LogP contribution in [-0.4, -0.2) is 15.9 Å². The number of nitrogens with zero attached hydrogens (tertiary/aromatic N) is 2. The van der Waals surface area contributed by atoms with Crippen LogP contribution in [0.3, 0.4) is 0 Å². The Labute approximate surface area is 153 Å². The molecule has 3 rings (SSSR count). The van der Waals surface area contributed by atoms with Gasteiger partial charge >= 0.3 is 0 Å². The second-order valence-corrected chi connectivity index (χ2v) is 6.16. The number of amides is 1. The van der Waals surface area contributed by atoms with Crippen LogP contribution in [0.25, 0.3) is 0 Å². The molecule has 0 radical (unpaired) electrons. The van der Waals surface area contributed by atoms with Gasteiger partial charge in [-0.15, -0.1) is 0 Å². The molecule has 2 aromatic carbocycles. The first-order chi connectivity index (χ1) is 12.6. The van der Waals surface area contributed by atoms with Gasteiger partial charge in [-0.2, -0.15) is 0 Å². The Kier molecular flexibility index (Phi) is 5.59. The predicted octanol–water partition coefficient (Wildman–Crippen LogP) is 3.89. The average molecular weight is 346 g/mol. The number of aromatic nitrogens is 2. The van der Waals surface area contributed by atoms with Crippen molar-refractivity contribution in [3.8, 4) is 0 Å². The Morgan fingerprint density at radius 2 is 1.65 bits per heavy atom. The summed E-state index contributed by atoms with van der Waals surface area (Å²) in [6.45, 7) is 4.41. The molecule has 1 aromatic heterocycles. The molecule has 3 aromatic rings. The molecule has 132 valence electrons. The van der Waals surface area contributed by atoms with Crippen LogP contribution in [0.2, 0.25) is 0 Å². The predicted molar refractivity (Wildman–Crippen MR) is 103 cm³/mol. The fourth-order valence-electron chi connectivity index (χ4n) is 2.64. The third-order valence-electron chi connectivity index (χ3n) is 4.03. The van der Waals surface area contributed by atoms with Crippen LogP contribution in [0, 0.1) is 6.92 Å². The van der Waals surface area contributed by atoms with Gasteiger partial charge in [0, 0.05) is 12.2 Å². The highest BCUT2D eigenvalue weighted by Gasteiger charge is 2.14. The van der Waals surface area contributed by atoms with Gasteiger partial charge < -0.3 is 10.6 Å². The molecule has 5 heteroatoms. The first-order valence-electron chi connectivity index (χ1n) is 8.61. The van der Waals surface area contributed by atoms with Gasteiger partial charge in [0.05, 0.1) is 6.04 Å². The SMILES string of the molecule is Cc1cc(C(=O)NC(C)c2ccccc2)nc(NCc2ccccc2)n1. The monoisotopic (exact) mass is 346 g/mol. The maximum atomic E-state index is 12.6. The summed E-state index contributed by atoms with van der Waals surface area (Å²) in [5, 5.41) is 6.16. The van der Waals surface area contributed by atoms with E-state index in [9.17, 15) is 4.79 Å². The first-order valence-corrected chi connectivity index (χ1v) is 8.61. The van der Waals surface area contributed by atoms with Gasteiger partial charge in [0.1, 0.15) is 5.69 Å². The van der Waals surface area contributed by atoms with E-state index in [1.807, 2.05) is 74.5 Å². The lowest BCUT2D eigenvalue weighted by Gasteiger charge is -2.14. The summed E-state index contributed by atoms with van der Waals surface area (Å²) in [6, 6.07) is 21.4. The van der Waals surface area contributed by atoms with Crippen molar-refractivity contribution in [2.24, 2.45) is 0 Å². The van der Waals surface area contributed by atoms with E-state index in [-0.39, 0.29) is 11.9 Å². The lowest BCUT2D eigenvalue weighted by molar-refractivity contribution is 0.0934. The number of benzene rings is 2. The van der Waals surface area contributed by atoms with Gasteiger partial charge in [-0.25, -0.2) is 9.97 Å². The number of carbonyl (C=O) groups excluding carboxylic acids is 1. The zero-order chi connectivity index (χ0) is 18.4. The molecule has 0 bridgehead atoms. The van der Waals surface area contributed by atoms with E-state index in [0.29, 0.717) is 18.2 Å². The maximum absolute atomic E-state index is 12.6. The third kappa shape index (κ3) is 4.66. The molecule has 0 spiro atoms. The van der Waals surface area contributed by atoms with E-state index in [1.54, 1.807) is 6.07 Å². The number of rotatable bonds is 6. The third-order valence-corrected chi connectivity index (χ3v) is 4.03. The molecule has 0 saturated carbocycles. The van der Waals surface area contributed by atoms with Crippen molar-refractivity contribution in [2.45, 2.75) is 26.4 Å². The minimum atomic E-state index is -0.213. The zero-order valence-corrected chi connectivity index (χ0v) is 14.9. The molecule has 0 aliphatic rings. The molecule has 26 heavy (non-hydrogen) atoms. The number of hydrogen-bond donors (Lipinski definition) is 2. The fraction of sp³-hybridized carbons (Fsp3) is 0.190. The normalized spacial score (nSPS) is 11.6. The summed E-state index contributed by atoms with van der Waals surface area (Å²) in [6.07, 6.45) is 0. The molecule has 2 N–H and O–H groups in total. The highest BCUT2D eigenvalue weighted by Crippen LogP contribution is 2.13. The number of anilines is 1. The van der Waals surface area contributed by atoms with E-state index >= 15 is 0 Å². The van der Waals surface area contributed by atoms with E-state index < -0.39 is 0 Å². The molecule has 1 heterocycles. The van der Waals surface area contributed by atoms with Crippen molar-refractivity contribution < 1.29 is 4.79 Å². The van der Waals surface area contributed by atoms with Crippen molar-refractivity contribution in [2.75, 3.05) is 5.32 Å². The Hall–Kier alpha value is -3.21. The van der Waals surface area contributed by atoms with Crippen LogP contribution in [0.4, 0.5) is 5.95 Å². The molecule has 0 saturated heterocycles. The summed E-state index contributed by atoms with van der Waals surface area (Å²) in [5.74, 6) is 0.237. The lowest BCUT2D eigenvalue weighted by atomic mass is 10.1. The van der Waals surface area contributed by atoms with Crippen LogP contribution in [-0.2, 0) is 6.54 Å². The molecule has 5 nitrogen and oxygen atoms in total. The number of nitrogens with one attached hydrogen (secondary N) is 2. The number of hydrogen-bond acceptors (Lipinski definition) is 4. The topological polar surface area (TPSA) is 66.9 Å². The lowest BCUT2D eigenvalue weighted by Crippen LogP contribution is -2.28. The van der Waals surface area contributed by atoms with Crippen LogP contribution in [0.5, 0.6) is 0 Å². The summed E-state index contributed by atoms with van der Waals surface area (Å²) < 4.78 is 0. The van der Waals surface area contributed by atoms with Gasteiger partial charge in [0.25, 0.3) is 5.91 Å². The molecule has 0 aliphatic heterocycles. The molecule has 1 atom stereocenters. The minimum Gasteiger partial charge on any atom is -0.350 e. The van der Waals surface area contributed by atoms with Gasteiger partial charge in [-0.1, -0.05) is 60.7 Å². The Balaban J connectivity index is 1.69. The summed E-state index contributed by atoms with van der Waals surface area (Å²) in [7, 11) is 0. The molecular weight excluding hydrogens is 324 g/mol. The van der Waals surface area contributed by atoms with Crippen molar-refractivity contribution in [3.63, 3.8) is 0 Å². The summed E-state index contributed by atoms with van der Waals surface area (Å²) >= 11 is 0. The van der Waals surface area contributed by atoms with Crippen LogP contribution in [0.1, 0.15) is 40.3 Å². The highest BCUT2D eigenvalue weighted by molar-refractivity contribution is 5.92. The standard InChI is InChI=1S/C21H22N4O/c1-15-13-19(20(26)24-16(2)18-11-7-4-8-12-18)25-21(23-15)22-14-17-9-5-3-6-10-17/h3-13,16H,14H2,1-2H3,(H,24,26)(H,22,23,25). The van der Waals surface area contributed by atoms with Crippen molar-refractivity contribution in [1.29, 1.82) is 0 Å². The van der Waals surface area contributed by atoms with Gasteiger partial charge in [-0.3, -0.25) is 4.79 Å². The second-order valence-electron chi connectivity index (χ2n) is 6.16. The van der Waals surface area contributed by atoms with Crippen molar-refractivity contribution >= 4 is 11.9 Å². The highest BCUT2D eigenvalue weighted by atomic mass is 16.1. The Morgan fingerprint density at radius 1 is 1.00 bits per heavy atom. The molecule has 1 amide bonds. The molecule has 0 fully saturated rings. The molecular formula is C21H22N4O. The van der Waals surface area contributed by atoms with Crippen LogP contribution in [0.15, 0.2) is 66.7 Å². The summed E-state index contributed by atoms with van der Waals surface area (Å²) in [5.41, 5.74) is 3.28. The number of aryl methyl sites for hydroxylation is 1. The van der Waals surface area contributed by atoms with E-state index in [1.165, 1.54) is 0 Å². The van der Waals surface area contributed by atoms with Gasteiger partial charge in [0.2, 0.25) is 5.95 Å². The van der Waals surface area contributed by atoms with Crippen molar-refractivity contribution in [3.05, 3.63) is 89.2 Å². The van der Waals surface area contributed by atoms with Gasteiger partial charge in [0.15, 0.2) is 0 Å². The number of carbonyl (C=O) groups is 1. The molecule has 0 aliphatic carbocycles. The van der Waals surface area contributed by atoms with E-state index in [2.05, 4.69) is 20.6 Å². The Morgan fingerprint density at radius 3 is 2.35 bits per heavy atom. The largest absolute Gasteiger partial charge is 0.350 e. The van der Waals surface area contributed by atoms with Crippen LogP contribution >= 0.6 is 0 Å². The maximum Gasteiger partial charge on any atom is 0.270 e. The molecule has 1 unspecified atom stereocenters. The smallest absolute Gasteiger partial charge is 0.270 e. The summed E-state index contributed by atoms with van der Waals surface area (Å²) in [4.78, 5) is 21.3. The zero-order valence-electron chi connectivity index (χ0n) is 14.9. The minimum absolute atomic E-state index is 0.0975. The van der Waals surface area contributed by atoms with Crippen molar-refractivity contribution in [1.82, 2.24) is 15.3 Å². The first kappa shape index (κ1) is 17.6. The fourth-order valence-corrected chi connectivity index (χ4v) is 2.64. The van der Waals surface area contributed by atoms with Crippen LogP contribution < -0.4 is 10.6 Å². The average Bonchev–Trinajstić information content (AvgIpc) is 2.67. The second kappa shape index (κ2) is 8.25.